The van der Waals surface area contributed by atoms with Crippen LogP contribution >= 0.6 is 0 Å². The molecule has 1 aromatic rings. The topological polar surface area (TPSA) is 69.6 Å². The second-order valence-electron chi connectivity index (χ2n) is 3.77. The summed E-state index contributed by atoms with van der Waals surface area (Å²) in [6.07, 6.45) is 0.184. The Morgan fingerprint density at radius 3 is 3.00 bits per heavy atom. The zero-order chi connectivity index (χ0) is 12.4. The molecule has 0 bridgehead atoms. The fourth-order valence-electron chi connectivity index (χ4n) is 1.78. The zero-order valence-corrected chi connectivity index (χ0v) is 8.94. The first-order valence-electron chi connectivity index (χ1n) is 5.12. The van der Waals surface area contributed by atoms with E-state index >= 15 is 0 Å². The van der Waals surface area contributed by atoms with Crippen LogP contribution in [0.25, 0.3) is 0 Å². The molecule has 17 heavy (non-hydrogen) atoms. The minimum Gasteiger partial charge on any atom is -0.480 e. The van der Waals surface area contributed by atoms with Gasteiger partial charge >= 0.3 is 5.97 Å². The maximum absolute atomic E-state index is 13.1. The Balaban J connectivity index is 2.39. The van der Waals surface area contributed by atoms with Crippen LogP contribution in [-0.4, -0.2) is 30.1 Å². The average Bonchev–Trinajstić information content (AvgIpc) is 2.37. The van der Waals surface area contributed by atoms with E-state index in [0.717, 1.165) is 0 Å². The lowest BCUT2D eigenvalue weighted by molar-refractivity contribution is -0.135. The second-order valence-corrected chi connectivity index (χ2v) is 3.77. The number of rotatable bonds is 2. The van der Waals surface area contributed by atoms with Gasteiger partial charge in [0.15, 0.2) is 0 Å². The summed E-state index contributed by atoms with van der Waals surface area (Å²) in [6.45, 7) is 0.0877. The summed E-state index contributed by atoms with van der Waals surface area (Å²) in [5.41, 5.74) is 0.841. The lowest BCUT2D eigenvalue weighted by Gasteiger charge is -2.21. The molecule has 0 spiro atoms. The molecule has 5 nitrogen and oxygen atoms in total. The van der Waals surface area contributed by atoms with Crippen LogP contribution in [0.4, 0.5) is 15.8 Å². The number of amides is 1. The molecule has 0 aromatic heterocycles. The predicted molar refractivity (Wildman–Crippen MR) is 59.5 cm³/mol. The Bertz CT molecular complexity index is 476. The SMILES string of the molecule is O=C(O)CN1CCC(=O)Nc2cc(F)ccc21. The number of carbonyl (C=O) groups excluding carboxylic acids is 1. The van der Waals surface area contributed by atoms with Crippen molar-refractivity contribution in [2.45, 2.75) is 6.42 Å². The van der Waals surface area contributed by atoms with Gasteiger partial charge in [-0.15, -0.1) is 0 Å². The van der Waals surface area contributed by atoms with Gasteiger partial charge in [-0.2, -0.15) is 0 Å². The van der Waals surface area contributed by atoms with Gasteiger partial charge in [0.25, 0.3) is 0 Å². The largest absolute Gasteiger partial charge is 0.480 e. The van der Waals surface area contributed by atoms with Crippen molar-refractivity contribution in [1.29, 1.82) is 0 Å². The van der Waals surface area contributed by atoms with E-state index in [0.29, 0.717) is 17.9 Å². The molecule has 0 aliphatic carbocycles. The van der Waals surface area contributed by atoms with E-state index in [4.69, 9.17) is 5.11 Å². The van der Waals surface area contributed by atoms with E-state index in [1.54, 1.807) is 0 Å². The van der Waals surface area contributed by atoms with Gasteiger partial charge in [-0.25, -0.2) is 4.39 Å². The summed E-state index contributed by atoms with van der Waals surface area (Å²) >= 11 is 0. The molecule has 0 fully saturated rings. The molecule has 1 amide bonds. The van der Waals surface area contributed by atoms with Crippen molar-refractivity contribution in [3.8, 4) is 0 Å². The minimum atomic E-state index is -0.991. The van der Waals surface area contributed by atoms with Crippen molar-refractivity contribution in [2.75, 3.05) is 23.3 Å². The third-order valence-corrected chi connectivity index (χ3v) is 2.51. The Hall–Kier alpha value is -2.11. The molecule has 0 unspecified atom stereocenters. The third kappa shape index (κ3) is 2.52. The number of aliphatic carboxylic acids is 1. The van der Waals surface area contributed by atoms with E-state index in [2.05, 4.69) is 5.32 Å². The van der Waals surface area contributed by atoms with Crippen LogP contribution < -0.4 is 10.2 Å². The fraction of sp³-hybridized carbons (Fsp3) is 0.273. The summed E-state index contributed by atoms with van der Waals surface area (Å²) < 4.78 is 13.1. The van der Waals surface area contributed by atoms with Crippen molar-refractivity contribution in [1.82, 2.24) is 0 Å². The lowest BCUT2D eigenvalue weighted by Crippen LogP contribution is -2.30. The Morgan fingerprint density at radius 1 is 1.53 bits per heavy atom. The number of fused-ring (bicyclic) bond motifs is 1. The summed E-state index contributed by atoms with van der Waals surface area (Å²) in [6, 6.07) is 3.90. The molecule has 0 atom stereocenters. The average molecular weight is 238 g/mol. The number of nitrogens with one attached hydrogen (secondary N) is 1. The smallest absolute Gasteiger partial charge is 0.323 e. The normalized spacial score (nSPS) is 14.9. The molecule has 0 radical (unpaired) electrons. The molecule has 1 aliphatic rings. The number of carboxylic acids is 1. The molecular weight excluding hydrogens is 227 g/mol. The number of nitrogens with zero attached hydrogens (tertiary/aromatic N) is 1. The van der Waals surface area contributed by atoms with Gasteiger partial charge in [0, 0.05) is 13.0 Å². The highest BCUT2D eigenvalue weighted by molar-refractivity contribution is 5.96. The summed E-state index contributed by atoms with van der Waals surface area (Å²) in [7, 11) is 0. The van der Waals surface area contributed by atoms with Crippen molar-refractivity contribution < 1.29 is 19.1 Å². The van der Waals surface area contributed by atoms with Crippen LogP contribution in [-0.2, 0) is 9.59 Å². The first kappa shape index (κ1) is 11.4. The van der Waals surface area contributed by atoms with Gasteiger partial charge in [0.1, 0.15) is 12.4 Å². The highest BCUT2D eigenvalue weighted by Gasteiger charge is 2.20. The first-order valence-corrected chi connectivity index (χ1v) is 5.12. The van der Waals surface area contributed by atoms with Gasteiger partial charge < -0.3 is 15.3 Å². The number of anilines is 2. The van der Waals surface area contributed by atoms with Crippen molar-refractivity contribution in [2.24, 2.45) is 0 Å². The molecule has 0 saturated heterocycles. The highest BCUT2D eigenvalue weighted by atomic mass is 19.1. The van der Waals surface area contributed by atoms with Crippen molar-refractivity contribution >= 4 is 23.3 Å². The standard InChI is InChI=1S/C11H11FN2O3/c12-7-1-2-9-8(5-7)13-10(15)3-4-14(9)6-11(16)17/h1-2,5H,3-4,6H2,(H,13,15)(H,16,17). The summed E-state index contributed by atoms with van der Waals surface area (Å²) in [5.74, 6) is -1.71. The van der Waals surface area contributed by atoms with E-state index in [1.807, 2.05) is 0 Å². The van der Waals surface area contributed by atoms with Crippen LogP contribution in [0.1, 0.15) is 6.42 Å². The lowest BCUT2D eigenvalue weighted by atomic mass is 10.2. The molecule has 6 heteroatoms. The van der Waals surface area contributed by atoms with Crippen molar-refractivity contribution in [3.63, 3.8) is 0 Å². The number of halogens is 1. The van der Waals surface area contributed by atoms with Crippen molar-refractivity contribution in [3.05, 3.63) is 24.0 Å². The monoisotopic (exact) mass is 238 g/mol. The molecule has 2 rings (SSSR count). The van der Waals surface area contributed by atoms with Crippen LogP contribution in [0.5, 0.6) is 0 Å². The van der Waals surface area contributed by atoms with E-state index in [9.17, 15) is 14.0 Å². The number of hydrogen-bond donors (Lipinski definition) is 2. The number of carboxylic acid groups (broad SMARTS) is 1. The molecule has 1 aromatic carbocycles. The molecule has 1 aliphatic heterocycles. The van der Waals surface area contributed by atoms with Gasteiger partial charge in [-0.1, -0.05) is 0 Å². The van der Waals surface area contributed by atoms with Gasteiger partial charge in [-0.3, -0.25) is 9.59 Å². The van der Waals surface area contributed by atoms with Crippen LogP contribution in [0.3, 0.4) is 0 Å². The van der Waals surface area contributed by atoms with Crippen LogP contribution in [0.15, 0.2) is 18.2 Å². The highest BCUT2D eigenvalue weighted by Crippen LogP contribution is 2.29. The van der Waals surface area contributed by atoms with E-state index < -0.39 is 11.8 Å². The molecule has 1 heterocycles. The summed E-state index contributed by atoms with van der Waals surface area (Å²) in [4.78, 5) is 23.6. The Kier molecular flexibility index (Phi) is 2.95. The number of hydrogen-bond acceptors (Lipinski definition) is 3. The number of benzene rings is 1. The quantitative estimate of drug-likeness (QED) is 0.808. The number of carbonyl (C=O) groups is 2. The maximum atomic E-state index is 13.1. The maximum Gasteiger partial charge on any atom is 0.323 e. The molecular formula is C11H11FN2O3. The fourth-order valence-corrected chi connectivity index (χ4v) is 1.78. The second kappa shape index (κ2) is 4.40. The molecule has 2 N–H and O–H groups in total. The van der Waals surface area contributed by atoms with E-state index in [1.165, 1.54) is 23.1 Å². The summed E-state index contributed by atoms with van der Waals surface area (Å²) in [5, 5.41) is 11.3. The first-order chi connectivity index (χ1) is 8.06. The van der Waals surface area contributed by atoms with Gasteiger partial charge in [0.05, 0.1) is 11.4 Å². The van der Waals surface area contributed by atoms with Gasteiger partial charge in [0.2, 0.25) is 5.91 Å². The zero-order valence-electron chi connectivity index (χ0n) is 8.94. The Morgan fingerprint density at radius 2 is 2.29 bits per heavy atom. The molecule has 90 valence electrons. The van der Waals surface area contributed by atoms with E-state index in [-0.39, 0.29) is 18.9 Å². The minimum absolute atomic E-state index is 0.184. The van der Waals surface area contributed by atoms with Crippen LogP contribution in [0, 0.1) is 5.82 Å². The van der Waals surface area contributed by atoms with Crippen LogP contribution in [0.2, 0.25) is 0 Å². The Labute approximate surface area is 96.8 Å². The predicted octanol–water partition coefficient (Wildman–Crippen LogP) is 1.06. The molecule has 0 saturated carbocycles. The third-order valence-electron chi connectivity index (χ3n) is 2.51. The van der Waals surface area contributed by atoms with Gasteiger partial charge in [-0.05, 0) is 18.2 Å².